The standard InChI is InChI=1S/C13H11FN4O/c1-7-4-12-16-13(15)17-18(12)6-9(7)8-2-3-11(19)10(14)5-8/h2-6,19H,1H3,(H2,15,17). The highest BCUT2D eigenvalue weighted by Crippen LogP contribution is 2.27. The first-order chi connectivity index (χ1) is 9.04. The molecule has 0 spiro atoms. The first-order valence-corrected chi connectivity index (χ1v) is 5.66. The average Bonchev–Trinajstić information content (AvgIpc) is 2.71. The lowest BCUT2D eigenvalue weighted by Crippen LogP contribution is -1.93. The lowest BCUT2D eigenvalue weighted by Gasteiger charge is -2.07. The van der Waals surface area contributed by atoms with E-state index in [1.807, 2.05) is 13.0 Å². The maximum atomic E-state index is 13.4. The van der Waals surface area contributed by atoms with Gasteiger partial charge in [-0.1, -0.05) is 6.07 Å². The molecule has 3 rings (SSSR count). The van der Waals surface area contributed by atoms with Crippen molar-refractivity contribution in [3.63, 3.8) is 0 Å². The molecule has 6 heteroatoms. The summed E-state index contributed by atoms with van der Waals surface area (Å²) < 4.78 is 15.0. The van der Waals surface area contributed by atoms with Crippen LogP contribution in [0.3, 0.4) is 0 Å². The van der Waals surface area contributed by atoms with Crippen LogP contribution in [0.25, 0.3) is 16.8 Å². The summed E-state index contributed by atoms with van der Waals surface area (Å²) >= 11 is 0. The number of rotatable bonds is 1. The highest BCUT2D eigenvalue weighted by molar-refractivity contribution is 5.69. The number of aromatic nitrogens is 3. The smallest absolute Gasteiger partial charge is 0.240 e. The summed E-state index contributed by atoms with van der Waals surface area (Å²) in [5.41, 5.74) is 8.55. The summed E-state index contributed by atoms with van der Waals surface area (Å²) in [7, 11) is 0. The molecule has 2 aromatic heterocycles. The zero-order valence-electron chi connectivity index (χ0n) is 10.1. The van der Waals surface area contributed by atoms with Crippen LogP contribution in [0.2, 0.25) is 0 Å². The number of nitrogens with zero attached hydrogens (tertiary/aromatic N) is 3. The van der Waals surface area contributed by atoms with Gasteiger partial charge in [0.1, 0.15) is 0 Å². The average molecular weight is 258 g/mol. The van der Waals surface area contributed by atoms with Crippen molar-refractivity contribution in [3.8, 4) is 16.9 Å². The quantitative estimate of drug-likeness (QED) is 0.701. The monoisotopic (exact) mass is 258 g/mol. The molecule has 0 saturated heterocycles. The summed E-state index contributed by atoms with van der Waals surface area (Å²) in [6.45, 7) is 1.89. The number of phenols is 1. The second kappa shape index (κ2) is 3.94. The largest absolute Gasteiger partial charge is 0.505 e. The molecular weight excluding hydrogens is 247 g/mol. The summed E-state index contributed by atoms with van der Waals surface area (Å²) in [4.78, 5) is 4.06. The molecule has 2 heterocycles. The van der Waals surface area contributed by atoms with Crippen molar-refractivity contribution in [2.24, 2.45) is 0 Å². The van der Waals surface area contributed by atoms with Gasteiger partial charge in [-0.05, 0) is 36.2 Å². The Kier molecular flexibility index (Phi) is 2.38. The number of anilines is 1. The molecule has 0 amide bonds. The fourth-order valence-corrected chi connectivity index (χ4v) is 2.02. The molecule has 96 valence electrons. The van der Waals surface area contributed by atoms with Gasteiger partial charge < -0.3 is 10.8 Å². The SMILES string of the molecule is Cc1cc2nc(N)nn2cc1-c1ccc(O)c(F)c1. The number of hydrogen-bond donors (Lipinski definition) is 2. The Balaban J connectivity index is 2.23. The van der Waals surface area contributed by atoms with Crippen molar-refractivity contribution in [1.29, 1.82) is 0 Å². The molecule has 0 radical (unpaired) electrons. The van der Waals surface area contributed by atoms with Crippen molar-refractivity contribution in [3.05, 3.63) is 41.8 Å². The van der Waals surface area contributed by atoms with E-state index in [1.165, 1.54) is 12.1 Å². The molecular formula is C13H11FN4O. The molecule has 19 heavy (non-hydrogen) atoms. The van der Waals surface area contributed by atoms with Gasteiger partial charge in [-0.15, -0.1) is 5.10 Å². The van der Waals surface area contributed by atoms with E-state index in [9.17, 15) is 9.50 Å². The van der Waals surface area contributed by atoms with Crippen LogP contribution >= 0.6 is 0 Å². The van der Waals surface area contributed by atoms with Gasteiger partial charge in [-0.3, -0.25) is 0 Å². The molecule has 0 fully saturated rings. The van der Waals surface area contributed by atoms with Crippen molar-refractivity contribution in [1.82, 2.24) is 14.6 Å². The van der Waals surface area contributed by atoms with E-state index in [2.05, 4.69) is 10.1 Å². The zero-order valence-corrected chi connectivity index (χ0v) is 10.1. The molecule has 0 unspecified atom stereocenters. The maximum absolute atomic E-state index is 13.4. The lowest BCUT2D eigenvalue weighted by atomic mass is 10.0. The number of benzene rings is 1. The molecule has 0 bridgehead atoms. The topological polar surface area (TPSA) is 76.4 Å². The van der Waals surface area contributed by atoms with Crippen LogP contribution in [0.4, 0.5) is 10.3 Å². The number of pyridine rings is 1. The van der Waals surface area contributed by atoms with Crippen LogP contribution in [0.5, 0.6) is 5.75 Å². The first kappa shape index (κ1) is 11.5. The van der Waals surface area contributed by atoms with Gasteiger partial charge >= 0.3 is 0 Å². The molecule has 0 aliphatic heterocycles. The van der Waals surface area contributed by atoms with Gasteiger partial charge in [0.05, 0.1) is 0 Å². The van der Waals surface area contributed by atoms with Gasteiger partial charge in [0, 0.05) is 11.8 Å². The molecule has 0 aliphatic rings. The zero-order chi connectivity index (χ0) is 13.6. The minimum absolute atomic E-state index is 0.188. The van der Waals surface area contributed by atoms with E-state index in [1.54, 1.807) is 16.8 Å². The van der Waals surface area contributed by atoms with Crippen LogP contribution in [-0.4, -0.2) is 19.7 Å². The summed E-state index contributed by atoms with van der Waals surface area (Å²) in [5.74, 6) is -0.837. The minimum atomic E-state index is -0.657. The minimum Gasteiger partial charge on any atom is -0.505 e. The predicted octanol–water partition coefficient (Wildman–Crippen LogP) is 2.13. The Morgan fingerprint density at radius 2 is 2.11 bits per heavy atom. The molecule has 1 aromatic carbocycles. The number of phenolic OH excluding ortho intramolecular Hbond substituents is 1. The normalized spacial score (nSPS) is 11.1. The van der Waals surface area contributed by atoms with Gasteiger partial charge in [0.2, 0.25) is 5.95 Å². The molecule has 3 aromatic rings. The Labute approximate surface area is 108 Å². The van der Waals surface area contributed by atoms with Crippen molar-refractivity contribution < 1.29 is 9.50 Å². The van der Waals surface area contributed by atoms with E-state index in [4.69, 9.17) is 5.73 Å². The Morgan fingerprint density at radius 3 is 2.84 bits per heavy atom. The van der Waals surface area contributed by atoms with E-state index < -0.39 is 5.82 Å². The van der Waals surface area contributed by atoms with Crippen LogP contribution < -0.4 is 5.73 Å². The van der Waals surface area contributed by atoms with Crippen LogP contribution in [0.1, 0.15) is 5.56 Å². The second-order valence-corrected chi connectivity index (χ2v) is 4.31. The van der Waals surface area contributed by atoms with Crippen LogP contribution in [-0.2, 0) is 0 Å². The van der Waals surface area contributed by atoms with E-state index in [0.29, 0.717) is 11.2 Å². The number of nitrogen functional groups attached to an aromatic ring is 1. The molecule has 3 N–H and O–H groups in total. The molecule has 0 saturated carbocycles. The lowest BCUT2D eigenvalue weighted by molar-refractivity contribution is 0.432. The summed E-state index contributed by atoms with van der Waals surface area (Å²) in [5, 5.41) is 13.2. The molecule has 5 nitrogen and oxygen atoms in total. The third-order valence-corrected chi connectivity index (χ3v) is 2.95. The Hall–Kier alpha value is -2.63. The predicted molar refractivity (Wildman–Crippen MR) is 69.2 cm³/mol. The summed E-state index contributed by atoms with van der Waals surface area (Å²) in [6.07, 6.45) is 1.74. The molecule has 0 aliphatic carbocycles. The highest BCUT2D eigenvalue weighted by atomic mass is 19.1. The fraction of sp³-hybridized carbons (Fsp3) is 0.0769. The van der Waals surface area contributed by atoms with E-state index in [0.717, 1.165) is 11.1 Å². The Bertz CT molecular complexity index is 782. The number of fused-ring (bicyclic) bond motifs is 1. The van der Waals surface area contributed by atoms with Crippen molar-refractivity contribution in [2.45, 2.75) is 6.92 Å². The van der Waals surface area contributed by atoms with Crippen molar-refractivity contribution >= 4 is 11.6 Å². The maximum Gasteiger partial charge on any atom is 0.240 e. The fourth-order valence-electron chi connectivity index (χ4n) is 2.02. The van der Waals surface area contributed by atoms with Crippen molar-refractivity contribution in [2.75, 3.05) is 5.73 Å². The third-order valence-electron chi connectivity index (χ3n) is 2.95. The number of halogens is 1. The third kappa shape index (κ3) is 1.87. The van der Waals surface area contributed by atoms with Gasteiger partial charge in [-0.25, -0.2) is 8.91 Å². The van der Waals surface area contributed by atoms with Gasteiger partial charge in [0.15, 0.2) is 17.2 Å². The number of aromatic hydroxyl groups is 1. The number of hydrogen-bond acceptors (Lipinski definition) is 4. The Morgan fingerprint density at radius 1 is 1.32 bits per heavy atom. The second-order valence-electron chi connectivity index (χ2n) is 4.31. The first-order valence-electron chi connectivity index (χ1n) is 5.66. The van der Waals surface area contributed by atoms with Crippen LogP contribution in [0.15, 0.2) is 30.5 Å². The van der Waals surface area contributed by atoms with E-state index in [-0.39, 0.29) is 11.7 Å². The highest BCUT2D eigenvalue weighted by Gasteiger charge is 2.09. The van der Waals surface area contributed by atoms with Crippen LogP contribution in [0, 0.1) is 12.7 Å². The molecule has 0 atom stereocenters. The number of aryl methyl sites for hydroxylation is 1. The van der Waals surface area contributed by atoms with Gasteiger partial charge in [0.25, 0.3) is 0 Å². The van der Waals surface area contributed by atoms with E-state index >= 15 is 0 Å². The summed E-state index contributed by atoms with van der Waals surface area (Å²) in [6, 6.07) is 6.07. The van der Waals surface area contributed by atoms with Gasteiger partial charge in [-0.2, -0.15) is 4.98 Å². The number of nitrogens with two attached hydrogens (primary N) is 1.